The summed E-state index contributed by atoms with van der Waals surface area (Å²) in [6.45, 7) is 0.909. The molecule has 126 valence electrons. The number of nitrogens with zero attached hydrogens (tertiary/aromatic N) is 2. The van der Waals surface area contributed by atoms with Crippen molar-refractivity contribution in [3.8, 4) is 5.69 Å². The van der Waals surface area contributed by atoms with Gasteiger partial charge >= 0.3 is 0 Å². The van der Waals surface area contributed by atoms with Crippen molar-refractivity contribution in [3.63, 3.8) is 0 Å². The van der Waals surface area contributed by atoms with Gasteiger partial charge in [0.15, 0.2) is 0 Å². The van der Waals surface area contributed by atoms with Gasteiger partial charge < -0.3 is 4.90 Å². The number of H-pyrrole nitrogens is 1. The zero-order chi connectivity index (χ0) is 17.4. The smallest absolute Gasteiger partial charge is 0.276 e. The van der Waals surface area contributed by atoms with Gasteiger partial charge in [-0.25, -0.2) is 4.68 Å². The fourth-order valence-electron chi connectivity index (χ4n) is 3.14. The number of halogens is 1. The lowest BCUT2D eigenvalue weighted by molar-refractivity contribution is 0.0733. The Morgan fingerprint density at radius 3 is 2.52 bits per heavy atom. The standard InChI is InChI=1S/C19H16BrN3O2/c20-16-9-5-4-8-14(16)18(24)22-11-10-17-15(12-22)19(25)23(21-17)13-6-2-1-3-7-13/h1-9,21H,10-12H2. The molecule has 1 aromatic heterocycles. The molecule has 0 fully saturated rings. The second-order valence-electron chi connectivity index (χ2n) is 6.00. The van der Waals surface area contributed by atoms with Crippen molar-refractivity contribution < 1.29 is 4.79 Å². The fourth-order valence-corrected chi connectivity index (χ4v) is 3.60. The minimum Gasteiger partial charge on any atom is -0.334 e. The Labute approximate surface area is 153 Å². The zero-order valence-corrected chi connectivity index (χ0v) is 15.0. The van der Waals surface area contributed by atoms with Gasteiger partial charge in [0.2, 0.25) is 0 Å². The predicted molar refractivity (Wildman–Crippen MR) is 99.0 cm³/mol. The third-order valence-corrected chi connectivity index (χ3v) is 5.15. The van der Waals surface area contributed by atoms with Crippen LogP contribution in [0.25, 0.3) is 5.69 Å². The molecule has 0 bridgehead atoms. The average Bonchev–Trinajstić information content (AvgIpc) is 2.98. The first-order valence-electron chi connectivity index (χ1n) is 8.07. The molecule has 0 saturated carbocycles. The van der Waals surface area contributed by atoms with Gasteiger partial charge in [0.1, 0.15) is 0 Å². The number of fused-ring (bicyclic) bond motifs is 1. The lowest BCUT2D eigenvalue weighted by Gasteiger charge is -2.26. The molecule has 1 amide bonds. The maximum atomic E-state index is 12.8. The highest BCUT2D eigenvalue weighted by Crippen LogP contribution is 2.22. The number of amides is 1. The molecule has 0 radical (unpaired) electrons. The number of benzene rings is 2. The Hall–Kier alpha value is -2.60. The van der Waals surface area contributed by atoms with Crippen LogP contribution in [0, 0.1) is 0 Å². The van der Waals surface area contributed by atoms with E-state index in [-0.39, 0.29) is 11.5 Å². The highest BCUT2D eigenvalue weighted by Gasteiger charge is 2.27. The van der Waals surface area contributed by atoms with E-state index in [0.717, 1.165) is 15.9 Å². The number of para-hydroxylation sites is 1. The van der Waals surface area contributed by atoms with E-state index in [1.54, 1.807) is 15.6 Å². The predicted octanol–water partition coefficient (Wildman–Crippen LogP) is 3.13. The maximum Gasteiger partial charge on any atom is 0.276 e. The van der Waals surface area contributed by atoms with Gasteiger partial charge in [-0.1, -0.05) is 30.3 Å². The molecule has 0 atom stereocenters. The van der Waals surface area contributed by atoms with Gasteiger partial charge in [0.05, 0.1) is 23.4 Å². The van der Waals surface area contributed by atoms with Crippen LogP contribution < -0.4 is 5.56 Å². The van der Waals surface area contributed by atoms with Crippen molar-refractivity contribution in [1.82, 2.24) is 14.7 Å². The van der Waals surface area contributed by atoms with Gasteiger partial charge in [0, 0.05) is 23.1 Å². The molecular formula is C19H16BrN3O2. The van der Waals surface area contributed by atoms with Gasteiger partial charge in [-0.15, -0.1) is 0 Å². The second-order valence-corrected chi connectivity index (χ2v) is 6.86. The first-order chi connectivity index (χ1) is 12.1. The molecule has 0 spiro atoms. The zero-order valence-electron chi connectivity index (χ0n) is 13.4. The highest BCUT2D eigenvalue weighted by atomic mass is 79.9. The molecule has 5 nitrogen and oxygen atoms in total. The van der Waals surface area contributed by atoms with Crippen LogP contribution in [0.3, 0.4) is 0 Å². The summed E-state index contributed by atoms with van der Waals surface area (Å²) in [5, 5.41) is 3.19. The molecule has 0 unspecified atom stereocenters. The van der Waals surface area contributed by atoms with Crippen molar-refractivity contribution in [2.45, 2.75) is 13.0 Å². The summed E-state index contributed by atoms with van der Waals surface area (Å²) in [6.07, 6.45) is 0.639. The maximum absolute atomic E-state index is 12.8. The summed E-state index contributed by atoms with van der Waals surface area (Å²) in [6, 6.07) is 16.8. The molecule has 4 rings (SSSR count). The Balaban J connectivity index is 1.66. The van der Waals surface area contributed by atoms with Crippen molar-refractivity contribution >= 4 is 21.8 Å². The molecule has 2 heterocycles. The lowest BCUT2D eigenvalue weighted by atomic mass is 10.1. The van der Waals surface area contributed by atoms with Crippen LogP contribution in [-0.2, 0) is 13.0 Å². The summed E-state index contributed by atoms with van der Waals surface area (Å²) >= 11 is 3.42. The third-order valence-electron chi connectivity index (χ3n) is 4.46. The first kappa shape index (κ1) is 15.9. The van der Waals surface area contributed by atoms with Gasteiger partial charge in [-0.2, -0.15) is 0 Å². The number of aromatic amines is 1. The number of rotatable bonds is 2. The number of hydrogen-bond acceptors (Lipinski definition) is 2. The number of aromatic nitrogens is 2. The number of carbonyl (C=O) groups excluding carboxylic acids is 1. The monoisotopic (exact) mass is 397 g/mol. The van der Waals surface area contributed by atoms with Crippen LogP contribution in [-0.4, -0.2) is 27.1 Å². The van der Waals surface area contributed by atoms with E-state index in [1.165, 1.54) is 0 Å². The van der Waals surface area contributed by atoms with Crippen molar-refractivity contribution in [1.29, 1.82) is 0 Å². The minimum absolute atomic E-state index is 0.0648. The Morgan fingerprint density at radius 2 is 1.76 bits per heavy atom. The average molecular weight is 398 g/mol. The van der Waals surface area contributed by atoms with Crippen LogP contribution in [0.5, 0.6) is 0 Å². The van der Waals surface area contributed by atoms with E-state index in [0.29, 0.717) is 30.6 Å². The van der Waals surface area contributed by atoms with Gasteiger partial charge in [-0.05, 0) is 40.2 Å². The van der Waals surface area contributed by atoms with Gasteiger partial charge in [0.25, 0.3) is 11.5 Å². The second kappa shape index (κ2) is 6.37. The molecule has 1 N–H and O–H groups in total. The summed E-state index contributed by atoms with van der Waals surface area (Å²) in [7, 11) is 0. The van der Waals surface area contributed by atoms with E-state index in [4.69, 9.17) is 0 Å². The van der Waals surface area contributed by atoms with E-state index < -0.39 is 0 Å². The Kier molecular flexibility index (Phi) is 4.05. The normalized spacial score (nSPS) is 13.6. The molecule has 1 aliphatic heterocycles. The van der Waals surface area contributed by atoms with E-state index in [2.05, 4.69) is 21.0 Å². The molecule has 0 aliphatic carbocycles. The van der Waals surface area contributed by atoms with Crippen molar-refractivity contribution in [2.24, 2.45) is 0 Å². The highest BCUT2D eigenvalue weighted by molar-refractivity contribution is 9.10. The molecule has 2 aromatic carbocycles. The molecule has 0 saturated heterocycles. The van der Waals surface area contributed by atoms with Crippen LogP contribution in [0.2, 0.25) is 0 Å². The molecule has 3 aromatic rings. The van der Waals surface area contributed by atoms with Crippen molar-refractivity contribution in [2.75, 3.05) is 6.54 Å². The SMILES string of the molecule is O=C(c1ccccc1Br)N1CCc2[nH]n(-c3ccccc3)c(=O)c2C1. The largest absolute Gasteiger partial charge is 0.334 e. The third kappa shape index (κ3) is 2.82. The summed E-state index contributed by atoms with van der Waals surface area (Å²) in [5.74, 6) is -0.0648. The van der Waals surface area contributed by atoms with Crippen LogP contribution >= 0.6 is 15.9 Å². The minimum atomic E-state index is -0.0918. The summed E-state index contributed by atoms with van der Waals surface area (Å²) in [5.41, 5.74) is 2.89. The van der Waals surface area contributed by atoms with E-state index in [9.17, 15) is 9.59 Å². The molecule has 6 heteroatoms. The van der Waals surface area contributed by atoms with Crippen molar-refractivity contribution in [3.05, 3.63) is 86.2 Å². The topological polar surface area (TPSA) is 58.1 Å². The Morgan fingerprint density at radius 1 is 1.04 bits per heavy atom. The molecular weight excluding hydrogens is 382 g/mol. The summed E-state index contributed by atoms with van der Waals surface area (Å²) < 4.78 is 2.32. The van der Waals surface area contributed by atoms with E-state index >= 15 is 0 Å². The number of carbonyl (C=O) groups is 1. The molecule has 1 aliphatic rings. The van der Waals surface area contributed by atoms with Crippen LogP contribution in [0.4, 0.5) is 0 Å². The first-order valence-corrected chi connectivity index (χ1v) is 8.86. The lowest BCUT2D eigenvalue weighted by Crippen LogP contribution is -2.37. The summed E-state index contributed by atoms with van der Waals surface area (Å²) in [4.78, 5) is 27.3. The Bertz CT molecular complexity index is 991. The van der Waals surface area contributed by atoms with E-state index in [1.807, 2.05) is 48.5 Å². The number of nitrogens with one attached hydrogen (secondary N) is 1. The van der Waals surface area contributed by atoms with Gasteiger partial charge in [-0.3, -0.25) is 14.7 Å². The van der Waals surface area contributed by atoms with Crippen LogP contribution in [0.15, 0.2) is 63.9 Å². The number of hydrogen-bond donors (Lipinski definition) is 1. The quantitative estimate of drug-likeness (QED) is 0.721. The fraction of sp³-hybridized carbons (Fsp3) is 0.158. The van der Waals surface area contributed by atoms with Crippen LogP contribution in [0.1, 0.15) is 21.6 Å². The molecule has 25 heavy (non-hydrogen) atoms.